The molecular formula is C28H29Br3O5. The Hall–Kier alpha value is -1.84. The number of aliphatic hydroxyl groups excluding tert-OH is 1. The Bertz CT molecular complexity index is 1170. The summed E-state index contributed by atoms with van der Waals surface area (Å²) in [6, 6.07) is 17.4. The van der Waals surface area contributed by atoms with Crippen LogP contribution in [0.15, 0.2) is 80.7 Å². The van der Waals surface area contributed by atoms with Crippen molar-refractivity contribution in [2.45, 2.75) is 31.5 Å². The van der Waals surface area contributed by atoms with Gasteiger partial charge in [-0.25, -0.2) is 0 Å². The molecule has 8 heteroatoms. The largest absolute Gasteiger partial charge is 0.508 e. The summed E-state index contributed by atoms with van der Waals surface area (Å²) in [4.78, 5) is 0. The van der Waals surface area contributed by atoms with Crippen LogP contribution in [0.5, 0.6) is 17.2 Å². The Balaban J connectivity index is 0.000000151. The number of ether oxygens (including phenoxy) is 3. The van der Waals surface area contributed by atoms with Gasteiger partial charge in [-0.05, 0) is 77.7 Å². The summed E-state index contributed by atoms with van der Waals surface area (Å²) in [5.41, 5.74) is 3.33. The number of benzene rings is 3. The molecule has 2 aliphatic heterocycles. The monoisotopic (exact) mass is 682 g/mol. The van der Waals surface area contributed by atoms with E-state index in [9.17, 15) is 5.11 Å². The first-order valence-electron chi connectivity index (χ1n) is 11.4. The first kappa shape index (κ1) is 28.7. The molecule has 2 aliphatic rings. The van der Waals surface area contributed by atoms with Gasteiger partial charge in [-0.15, -0.1) is 6.58 Å². The number of methoxy groups -OCH3 is 1. The van der Waals surface area contributed by atoms with E-state index in [1.165, 1.54) is 11.1 Å². The van der Waals surface area contributed by atoms with Crippen LogP contribution in [-0.4, -0.2) is 42.7 Å². The van der Waals surface area contributed by atoms with Crippen molar-refractivity contribution in [1.82, 2.24) is 0 Å². The summed E-state index contributed by atoms with van der Waals surface area (Å²) in [7, 11) is 1.70. The Morgan fingerprint density at radius 2 is 1.42 bits per heavy atom. The third-order valence-electron chi connectivity index (χ3n) is 5.49. The number of halogens is 3. The SMILES string of the molecule is C=CCc1cc(Br)ccc1O.COCC1Cc2cc(Br)ccc2O1.OCC1Cc2cc(Br)ccc2O1. The quantitative estimate of drug-likeness (QED) is 0.283. The fraction of sp³-hybridized carbons (Fsp3) is 0.286. The fourth-order valence-corrected chi connectivity index (χ4v) is 5.06. The van der Waals surface area contributed by atoms with Crippen LogP contribution in [0.25, 0.3) is 0 Å². The first-order valence-corrected chi connectivity index (χ1v) is 13.8. The number of fused-ring (bicyclic) bond motifs is 2. The molecule has 2 unspecified atom stereocenters. The Morgan fingerprint density at radius 3 is 1.97 bits per heavy atom. The van der Waals surface area contributed by atoms with Crippen molar-refractivity contribution >= 4 is 47.8 Å². The summed E-state index contributed by atoms with van der Waals surface area (Å²) in [5.74, 6) is 2.22. The molecule has 0 spiro atoms. The fourth-order valence-electron chi connectivity index (χ4n) is 3.83. The van der Waals surface area contributed by atoms with E-state index < -0.39 is 0 Å². The van der Waals surface area contributed by atoms with Gasteiger partial charge in [0.15, 0.2) is 0 Å². The Kier molecular flexibility index (Phi) is 11.3. The highest BCUT2D eigenvalue weighted by atomic mass is 79.9. The van der Waals surface area contributed by atoms with Crippen LogP contribution in [0, 0.1) is 0 Å². The minimum absolute atomic E-state index is 0.0469. The van der Waals surface area contributed by atoms with E-state index in [2.05, 4.69) is 60.4 Å². The summed E-state index contributed by atoms with van der Waals surface area (Å²) < 4.78 is 19.3. The normalized spacial score (nSPS) is 16.8. The van der Waals surface area contributed by atoms with Crippen molar-refractivity contribution in [3.05, 3.63) is 97.4 Å². The van der Waals surface area contributed by atoms with Gasteiger partial charge in [-0.1, -0.05) is 53.9 Å². The molecular weight excluding hydrogens is 656 g/mol. The van der Waals surface area contributed by atoms with Crippen molar-refractivity contribution in [2.75, 3.05) is 20.3 Å². The molecule has 0 saturated carbocycles. The average Bonchev–Trinajstić information content (AvgIpc) is 3.45. The molecule has 2 N–H and O–H groups in total. The number of aliphatic hydroxyl groups is 1. The zero-order chi connectivity index (χ0) is 26.1. The van der Waals surface area contributed by atoms with Crippen molar-refractivity contribution < 1.29 is 24.4 Å². The lowest BCUT2D eigenvalue weighted by molar-refractivity contribution is 0.0951. The van der Waals surface area contributed by atoms with E-state index >= 15 is 0 Å². The van der Waals surface area contributed by atoms with E-state index in [4.69, 9.17) is 19.3 Å². The number of phenols is 1. The lowest BCUT2D eigenvalue weighted by atomic mass is 10.1. The second kappa shape index (κ2) is 14.2. The number of hydrogen-bond acceptors (Lipinski definition) is 5. The van der Waals surface area contributed by atoms with Gasteiger partial charge in [0, 0.05) is 33.4 Å². The number of rotatable bonds is 5. The molecule has 0 aromatic heterocycles. The number of hydrogen-bond donors (Lipinski definition) is 2. The molecule has 192 valence electrons. The second-order valence-corrected chi connectivity index (χ2v) is 11.0. The highest BCUT2D eigenvalue weighted by Gasteiger charge is 2.23. The van der Waals surface area contributed by atoms with E-state index in [-0.39, 0.29) is 18.8 Å². The maximum atomic E-state index is 9.30. The minimum Gasteiger partial charge on any atom is -0.508 e. The minimum atomic E-state index is -0.0469. The zero-order valence-corrected chi connectivity index (χ0v) is 24.7. The predicted octanol–water partition coefficient (Wildman–Crippen LogP) is 7.03. The third kappa shape index (κ3) is 8.35. The lowest BCUT2D eigenvalue weighted by Gasteiger charge is -2.07. The summed E-state index contributed by atoms with van der Waals surface area (Å²) in [6.07, 6.45) is 4.37. The zero-order valence-electron chi connectivity index (χ0n) is 19.9. The average molecular weight is 685 g/mol. The maximum Gasteiger partial charge on any atom is 0.126 e. The van der Waals surface area contributed by atoms with Gasteiger partial charge < -0.3 is 24.4 Å². The molecule has 2 heterocycles. The van der Waals surface area contributed by atoms with E-state index in [1.807, 2.05) is 42.5 Å². The number of allylic oxidation sites excluding steroid dienone is 1. The van der Waals surface area contributed by atoms with Gasteiger partial charge in [0.25, 0.3) is 0 Å². The topological polar surface area (TPSA) is 68.2 Å². The van der Waals surface area contributed by atoms with Crippen LogP contribution >= 0.6 is 47.8 Å². The van der Waals surface area contributed by atoms with Crippen LogP contribution in [0.2, 0.25) is 0 Å². The molecule has 5 rings (SSSR count). The highest BCUT2D eigenvalue weighted by molar-refractivity contribution is 9.11. The summed E-state index contributed by atoms with van der Waals surface area (Å²) in [5, 5.41) is 18.2. The molecule has 2 atom stereocenters. The number of aromatic hydroxyl groups is 1. The van der Waals surface area contributed by atoms with Gasteiger partial charge in [-0.2, -0.15) is 0 Å². The number of phenolic OH excluding ortho intramolecular Hbond substituents is 1. The van der Waals surface area contributed by atoms with Gasteiger partial charge in [0.05, 0.1) is 13.2 Å². The molecule has 0 radical (unpaired) electrons. The van der Waals surface area contributed by atoms with Crippen LogP contribution < -0.4 is 9.47 Å². The van der Waals surface area contributed by atoms with Crippen LogP contribution in [0.1, 0.15) is 16.7 Å². The highest BCUT2D eigenvalue weighted by Crippen LogP contribution is 2.32. The van der Waals surface area contributed by atoms with Crippen LogP contribution in [0.4, 0.5) is 0 Å². The summed E-state index contributed by atoms with van der Waals surface area (Å²) >= 11 is 10.1. The third-order valence-corrected chi connectivity index (χ3v) is 6.97. The van der Waals surface area contributed by atoms with Gasteiger partial charge in [0.1, 0.15) is 29.5 Å². The van der Waals surface area contributed by atoms with Gasteiger partial charge in [-0.3, -0.25) is 0 Å². The molecule has 5 nitrogen and oxygen atoms in total. The molecule has 0 saturated heterocycles. The second-order valence-electron chi connectivity index (χ2n) is 8.30. The standard InChI is InChI=1S/C10H11BrO2.C9H9BrO2.C9H9BrO/c1-12-6-9-5-7-4-8(11)2-3-10(7)13-9;10-7-1-2-9-6(3-7)4-8(5-11)12-9;1-2-3-7-6-8(10)4-5-9(7)11/h2-4,9H,5-6H2,1H3;1-3,8,11H,4-5H2;2,4-6,11H,1,3H2. The lowest BCUT2D eigenvalue weighted by Crippen LogP contribution is -2.19. The Morgan fingerprint density at radius 1 is 0.889 bits per heavy atom. The van der Waals surface area contributed by atoms with Crippen LogP contribution in [0.3, 0.4) is 0 Å². The molecule has 0 aliphatic carbocycles. The van der Waals surface area contributed by atoms with Crippen molar-refractivity contribution in [3.63, 3.8) is 0 Å². The molecule has 0 amide bonds. The van der Waals surface area contributed by atoms with E-state index in [1.54, 1.807) is 19.3 Å². The molecule has 36 heavy (non-hydrogen) atoms. The Labute approximate surface area is 237 Å². The molecule has 0 bridgehead atoms. The predicted molar refractivity (Wildman–Crippen MR) is 153 cm³/mol. The first-order chi connectivity index (χ1) is 17.3. The maximum absolute atomic E-state index is 9.30. The van der Waals surface area contributed by atoms with Crippen molar-refractivity contribution in [3.8, 4) is 17.2 Å². The van der Waals surface area contributed by atoms with E-state index in [0.717, 1.165) is 43.3 Å². The summed E-state index contributed by atoms with van der Waals surface area (Å²) in [6.45, 7) is 4.35. The molecule has 3 aromatic rings. The van der Waals surface area contributed by atoms with Crippen molar-refractivity contribution in [1.29, 1.82) is 0 Å². The van der Waals surface area contributed by atoms with Crippen LogP contribution in [-0.2, 0) is 24.0 Å². The van der Waals surface area contributed by atoms with Gasteiger partial charge >= 0.3 is 0 Å². The van der Waals surface area contributed by atoms with E-state index in [0.29, 0.717) is 18.8 Å². The van der Waals surface area contributed by atoms with Crippen molar-refractivity contribution in [2.24, 2.45) is 0 Å². The van der Waals surface area contributed by atoms with Gasteiger partial charge in [0.2, 0.25) is 0 Å². The smallest absolute Gasteiger partial charge is 0.126 e. The molecule has 3 aromatic carbocycles. The molecule has 0 fully saturated rings.